The molecule has 0 heterocycles. The number of carbonyl (C=O) groups excluding carboxylic acids is 1. The summed E-state index contributed by atoms with van der Waals surface area (Å²) < 4.78 is 5.38. The van der Waals surface area contributed by atoms with Gasteiger partial charge in [0, 0.05) is 6.04 Å². The Labute approximate surface area is 92.8 Å². The van der Waals surface area contributed by atoms with Crippen molar-refractivity contribution in [1.29, 1.82) is 0 Å². The van der Waals surface area contributed by atoms with Gasteiger partial charge in [0.15, 0.2) is 0 Å². The van der Waals surface area contributed by atoms with E-state index < -0.39 is 0 Å². The molecule has 0 amide bonds. The predicted octanol–water partition coefficient (Wildman–Crippen LogP) is 2.20. The van der Waals surface area contributed by atoms with Gasteiger partial charge in [-0.15, -0.1) is 0 Å². The summed E-state index contributed by atoms with van der Waals surface area (Å²) >= 11 is 0. The largest absolute Gasteiger partial charge is 0.459 e. The van der Waals surface area contributed by atoms with Gasteiger partial charge in [0.1, 0.15) is 11.6 Å². The lowest BCUT2D eigenvalue weighted by Crippen LogP contribution is -2.43. The minimum Gasteiger partial charge on any atom is -0.459 e. The van der Waals surface area contributed by atoms with Crippen LogP contribution in [0.4, 0.5) is 0 Å². The van der Waals surface area contributed by atoms with Gasteiger partial charge in [-0.2, -0.15) is 0 Å². The molecular weight excluding hydrogens is 190 g/mol. The van der Waals surface area contributed by atoms with Crippen LogP contribution in [0.2, 0.25) is 0 Å². The lowest BCUT2D eigenvalue weighted by molar-refractivity contribution is -0.161. The van der Waals surface area contributed by atoms with Crippen LogP contribution in [0, 0.1) is 0 Å². The molecule has 15 heavy (non-hydrogen) atoms. The van der Waals surface area contributed by atoms with Crippen molar-refractivity contribution >= 4 is 5.97 Å². The number of ether oxygens (including phenoxy) is 1. The van der Waals surface area contributed by atoms with Crippen molar-refractivity contribution in [3.63, 3.8) is 0 Å². The Morgan fingerprint density at radius 2 is 2.00 bits per heavy atom. The summed E-state index contributed by atoms with van der Waals surface area (Å²) in [5.41, 5.74) is -0.381. The fourth-order valence-electron chi connectivity index (χ4n) is 1.78. The van der Waals surface area contributed by atoms with E-state index in [2.05, 4.69) is 11.8 Å². The third kappa shape index (κ3) is 3.82. The van der Waals surface area contributed by atoms with Gasteiger partial charge < -0.3 is 4.74 Å². The van der Waals surface area contributed by atoms with Crippen LogP contribution in [-0.2, 0) is 9.53 Å². The number of esters is 1. The quantitative estimate of drug-likeness (QED) is 0.670. The molecule has 88 valence electrons. The van der Waals surface area contributed by atoms with E-state index >= 15 is 0 Å². The van der Waals surface area contributed by atoms with Gasteiger partial charge in [-0.1, -0.05) is 6.92 Å². The Morgan fingerprint density at radius 3 is 2.33 bits per heavy atom. The molecule has 0 bridgehead atoms. The van der Waals surface area contributed by atoms with Gasteiger partial charge in [0.05, 0.1) is 0 Å². The molecule has 0 aromatic rings. The number of rotatable bonds is 4. The first kappa shape index (κ1) is 12.5. The van der Waals surface area contributed by atoms with Crippen LogP contribution in [0.25, 0.3) is 0 Å². The van der Waals surface area contributed by atoms with Gasteiger partial charge in [-0.3, -0.25) is 9.69 Å². The Balaban J connectivity index is 2.50. The zero-order valence-electron chi connectivity index (χ0n) is 10.5. The number of carbonyl (C=O) groups is 1. The van der Waals surface area contributed by atoms with Crippen molar-refractivity contribution < 1.29 is 9.53 Å². The topological polar surface area (TPSA) is 29.5 Å². The Bertz CT molecular complexity index is 228. The molecule has 0 aliphatic heterocycles. The van der Waals surface area contributed by atoms with Crippen molar-refractivity contribution in [1.82, 2.24) is 4.90 Å². The van der Waals surface area contributed by atoms with E-state index in [4.69, 9.17) is 4.74 Å². The molecule has 1 atom stereocenters. The standard InChI is InChI=1S/C12H23NO2/c1-6-13(10-7-8-10)9(2)11(14)15-12(3,4)5/h9-10H,6-8H2,1-5H3. The van der Waals surface area contributed by atoms with Crippen molar-refractivity contribution in [3.05, 3.63) is 0 Å². The average Bonchev–Trinajstić information content (AvgIpc) is 2.86. The number of hydrogen-bond donors (Lipinski definition) is 0. The zero-order chi connectivity index (χ0) is 11.6. The highest BCUT2D eigenvalue weighted by molar-refractivity contribution is 5.75. The third-order valence-corrected chi connectivity index (χ3v) is 2.63. The Kier molecular flexibility index (Phi) is 3.77. The molecule has 1 unspecified atom stereocenters. The van der Waals surface area contributed by atoms with Gasteiger partial charge >= 0.3 is 5.97 Å². The van der Waals surface area contributed by atoms with E-state index in [9.17, 15) is 4.79 Å². The third-order valence-electron chi connectivity index (χ3n) is 2.63. The smallest absolute Gasteiger partial charge is 0.323 e. The summed E-state index contributed by atoms with van der Waals surface area (Å²) in [4.78, 5) is 14.1. The molecule has 0 spiro atoms. The summed E-state index contributed by atoms with van der Waals surface area (Å²) in [5.74, 6) is -0.101. The van der Waals surface area contributed by atoms with E-state index in [-0.39, 0.29) is 17.6 Å². The second-order valence-electron chi connectivity index (χ2n) is 5.27. The van der Waals surface area contributed by atoms with Crippen LogP contribution in [0.1, 0.15) is 47.5 Å². The van der Waals surface area contributed by atoms with Crippen molar-refractivity contribution in [2.45, 2.75) is 65.1 Å². The maximum Gasteiger partial charge on any atom is 0.323 e. The van der Waals surface area contributed by atoms with Crippen LogP contribution in [-0.4, -0.2) is 35.1 Å². The summed E-state index contributed by atoms with van der Waals surface area (Å²) in [6.07, 6.45) is 2.45. The van der Waals surface area contributed by atoms with Gasteiger partial charge in [-0.25, -0.2) is 0 Å². The summed E-state index contributed by atoms with van der Waals surface area (Å²) in [5, 5.41) is 0. The minimum absolute atomic E-state index is 0.101. The molecule has 0 aromatic heterocycles. The number of hydrogen-bond acceptors (Lipinski definition) is 3. The minimum atomic E-state index is -0.381. The molecule has 0 N–H and O–H groups in total. The maximum atomic E-state index is 11.8. The molecular formula is C12H23NO2. The average molecular weight is 213 g/mol. The SMILES string of the molecule is CCN(C1CC1)C(C)C(=O)OC(C)(C)C. The van der Waals surface area contributed by atoms with Crippen molar-refractivity contribution in [3.8, 4) is 0 Å². The van der Waals surface area contributed by atoms with E-state index in [1.807, 2.05) is 27.7 Å². The second kappa shape index (κ2) is 4.52. The Morgan fingerprint density at radius 1 is 1.47 bits per heavy atom. The highest BCUT2D eigenvalue weighted by atomic mass is 16.6. The molecule has 0 aromatic carbocycles. The fraction of sp³-hybridized carbons (Fsp3) is 0.917. The summed E-state index contributed by atoms with van der Waals surface area (Å²) in [7, 11) is 0. The first-order chi connectivity index (χ1) is 6.85. The normalized spacial score (nSPS) is 19.1. The first-order valence-corrected chi connectivity index (χ1v) is 5.83. The molecule has 1 saturated carbocycles. The van der Waals surface area contributed by atoms with Crippen LogP contribution in [0.5, 0.6) is 0 Å². The van der Waals surface area contributed by atoms with Crippen molar-refractivity contribution in [2.75, 3.05) is 6.54 Å². The lowest BCUT2D eigenvalue weighted by Gasteiger charge is -2.29. The Hall–Kier alpha value is -0.570. The monoisotopic (exact) mass is 213 g/mol. The first-order valence-electron chi connectivity index (χ1n) is 5.83. The molecule has 1 aliphatic rings. The second-order valence-corrected chi connectivity index (χ2v) is 5.27. The van der Waals surface area contributed by atoms with Crippen LogP contribution in [0.15, 0.2) is 0 Å². The molecule has 0 radical (unpaired) electrons. The lowest BCUT2D eigenvalue weighted by atomic mass is 10.2. The van der Waals surface area contributed by atoms with Gasteiger partial charge in [0.2, 0.25) is 0 Å². The number of likely N-dealkylation sites (N-methyl/N-ethyl adjacent to an activating group) is 1. The molecule has 3 heteroatoms. The molecule has 1 fully saturated rings. The summed E-state index contributed by atoms with van der Waals surface area (Å²) in [6, 6.07) is 0.499. The highest BCUT2D eigenvalue weighted by Gasteiger charge is 2.35. The highest BCUT2D eigenvalue weighted by Crippen LogP contribution is 2.28. The molecule has 3 nitrogen and oxygen atoms in total. The zero-order valence-corrected chi connectivity index (χ0v) is 10.5. The molecule has 1 aliphatic carbocycles. The van der Waals surface area contributed by atoms with E-state index in [1.54, 1.807) is 0 Å². The van der Waals surface area contributed by atoms with E-state index in [1.165, 1.54) is 12.8 Å². The predicted molar refractivity (Wildman–Crippen MR) is 60.7 cm³/mol. The maximum absolute atomic E-state index is 11.8. The van der Waals surface area contributed by atoms with Crippen LogP contribution < -0.4 is 0 Å². The molecule has 1 rings (SSSR count). The van der Waals surface area contributed by atoms with Gasteiger partial charge in [0.25, 0.3) is 0 Å². The van der Waals surface area contributed by atoms with Crippen molar-refractivity contribution in [2.24, 2.45) is 0 Å². The summed E-state index contributed by atoms with van der Waals surface area (Å²) in [6.45, 7) is 10.7. The van der Waals surface area contributed by atoms with E-state index in [0.717, 1.165) is 6.54 Å². The number of nitrogens with zero attached hydrogens (tertiary/aromatic N) is 1. The van der Waals surface area contributed by atoms with Crippen LogP contribution >= 0.6 is 0 Å². The fourth-order valence-corrected chi connectivity index (χ4v) is 1.78. The van der Waals surface area contributed by atoms with Gasteiger partial charge in [-0.05, 0) is 47.1 Å². The van der Waals surface area contributed by atoms with Crippen LogP contribution in [0.3, 0.4) is 0 Å². The molecule has 0 saturated heterocycles. The van der Waals surface area contributed by atoms with E-state index in [0.29, 0.717) is 6.04 Å².